The summed E-state index contributed by atoms with van der Waals surface area (Å²) in [6, 6.07) is 28.1. The molecule has 0 unspecified atom stereocenters. The van der Waals surface area contributed by atoms with Gasteiger partial charge in [-0.25, -0.2) is 9.59 Å². The van der Waals surface area contributed by atoms with Gasteiger partial charge in [-0.15, -0.1) is 0 Å². The molecule has 0 radical (unpaired) electrons. The number of rotatable bonds is 28. The van der Waals surface area contributed by atoms with Crippen LogP contribution >= 0.6 is 0 Å². The van der Waals surface area contributed by atoms with Crippen molar-refractivity contribution in [3.05, 3.63) is 128 Å². The van der Waals surface area contributed by atoms with Crippen LogP contribution in [0.25, 0.3) is 11.1 Å². The topological polar surface area (TPSA) is 108 Å². The van der Waals surface area contributed by atoms with Crippen LogP contribution in [0.4, 0.5) is 0 Å². The zero-order chi connectivity index (χ0) is 39.6. The lowest BCUT2D eigenvalue weighted by Gasteiger charge is -2.13. The van der Waals surface area contributed by atoms with Crippen LogP contribution in [0.3, 0.4) is 0 Å². The molecular formula is C46H54O10. The van der Waals surface area contributed by atoms with Gasteiger partial charge in [-0.05, 0) is 141 Å². The number of hydrogen-bond acceptors (Lipinski definition) is 10. The fraction of sp³-hybridized carbons (Fsp3) is 0.348. The molecule has 0 saturated heterocycles. The van der Waals surface area contributed by atoms with Crippen LogP contribution in [0.5, 0.6) is 28.7 Å². The van der Waals surface area contributed by atoms with E-state index in [0.717, 1.165) is 73.8 Å². The molecule has 0 atom stereocenters. The Kier molecular flexibility index (Phi) is 19.5. The fourth-order valence-electron chi connectivity index (χ4n) is 5.51. The highest BCUT2D eigenvalue weighted by atomic mass is 16.7. The van der Waals surface area contributed by atoms with E-state index in [9.17, 15) is 9.59 Å². The largest absolute Gasteiger partial charge is 0.494 e. The number of aryl methyl sites for hydroxylation is 1. The van der Waals surface area contributed by atoms with Gasteiger partial charge in [-0.2, -0.15) is 0 Å². The molecule has 0 fully saturated rings. The zero-order valence-corrected chi connectivity index (χ0v) is 32.4. The van der Waals surface area contributed by atoms with Gasteiger partial charge in [-0.1, -0.05) is 44.7 Å². The van der Waals surface area contributed by atoms with E-state index < -0.39 is 11.9 Å². The van der Waals surface area contributed by atoms with Crippen LogP contribution in [-0.4, -0.2) is 52.0 Å². The Bertz CT molecular complexity index is 1750. The van der Waals surface area contributed by atoms with Crippen molar-refractivity contribution in [1.82, 2.24) is 0 Å². The second-order valence-corrected chi connectivity index (χ2v) is 12.7. The van der Waals surface area contributed by atoms with Crippen LogP contribution in [0.15, 0.2) is 116 Å². The average Bonchev–Trinajstić information content (AvgIpc) is 3.23. The van der Waals surface area contributed by atoms with Gasteiger partial charge in [0.2, 0.25) is 6.79 Å². The molecule has 0 bridgehead atoms. The molecule has 0 saturated carbocycles. The third kappa shape index (κ3) is 15.9. The Morgan fingerprint density at radius 2 is 1.09 bits per heavy atom. The van der Waals surface area contributed by atoms with Crippen molar-refractivity contribution >= 4 is 11.9 Å². The molecule has 0 aromatic heterocycles. The Hall–Kier alpha value is -5.74. The third-order valence-electron chi connectivity index (χ3n) is 8.64. The molecule has 0 heterocycles. The van der Waals surface area contributed by atoms with Crippen LogP contribution in [0.2, 0.25) is 0 Å². The highest BCUT2D eigenvalue weighted by Crippen LogP contribution is 2.29. The molecule has 0 aliphatic rings. The molecule has 0 aliphatic heterocycles. The van der Waals surface area contributed by atoms with Gasteiger partial charge < -0.3 is 37.9 Å². The number of carbonyl (C=O) groups is 2. The summed E-state index contributed by atoms with van der Waals surface area (Å²) in [6.07, 6.45) is 11.0. The van der Waals surface area contributed by atoms with Crippen molar-refractivity contribution in [2.45, 2.75) is 64.7 Å². The highest BCUT2D eigenvalue weighted by Gasteiger charge is 2.13. The lowest BCUT2D eigenvalue weighted by atomic mass is 10.0. The Morgan fingerprint density at radius 3 is 1.66 bits per heavy atom. The van der Waals surface area contributed by atoms with Gasteiger partial charge in [0.15, 0.2) is 6.79 Å². The summed E-state index contributed by atoms with van der Waals surface area (Å²) in [5, 5.41) is 0. The molecule has 298 valence electrons. The summed E-state index contributed by atoms with van der Waals surface area (Å²) in [5.74, 6) is 2.57. The summed E-state index contributed by atoms with van der Waals surface area (Å²) >= 11 is 0. The van der Waals surface area contributed by atoms with Gasteiger partial charge >= 0.3 is 11.9 Å². The first-order chi connectivity index (χ1) is 27.5. The molecular weight excluding hydrogens is 712 g/mol. The van der Waals surface area contributed by atoms with Crippen molar-refractivity contribution in [3.63, 3.8) is 0 Å². The Labute approximate surface area is 330 Å². The van der Waals surface area contributed by atoms with Crippen molar-refractivity contribution in [3.8, 4) is 39.9 Å². The maximum absolute atomic E-state index is 13.0. The molecule has 4 aromatic rings. The summed E-state index contributed by atoms with van der Waals surface area (Å²) in [7, 11) is 0. The molecule has 4 rings (SSSR count). The summed E-state index contributed by atoms with van der Waals surface area (Å²) in [6.45, 7) is 11.5. The van der Waals surface area contributed by atoms with Crippen LogP contribution in [0.1, 0.15) is 74.2 Å². The van der Waals surface area contributed by atoms with Gasteiger partial charge in [0.25, 0.3) is 0 Å². The minimum atomic E-state index is -0.430. The average molecular weight is 767 g/mol. The van der Waals surface area contributed by atoms with Gasteiger partial charge in [0.05, 0.1) is 38.3 Å². The van der Waals surface area contributed by atoms with Crippen LogP contribution < -0.4 is 23.7 Å². The van der Waals surface area contributed by atoms with Crippen molar-refractivity contribution in [2.24, 2.45) is 0 Å². The molecule has 10 heteroatoms. The van der Waals surface area contributed by atoms with Gasteiger partial charge in [0, 0.05) is 6.08 Å². The van der Waals surface area contributed by atoms with Crippen LogP contribution in [0, 0.1) is 0 Å². The molecule has 56 heavy (non-hydrogen) atoms. The zero-order valence-electron chi connectivity index (χ0n) is 32.4. The monoisotopic (exact) mass is 766 g/mol. The molecule has 0 N–H and O–H groups in total. The van der Waals surface area contributed by atoms with E-state index in [1.807, 2.05) is 73.7 Å². The van der Waals surface area contributed by atoms with E-state index in [-0.39, 0.29) is 13.6 Å². The predicted octanol–water partition coefficient (Wildman–Crippen LogP) is 10.3. The van der Waals surface area contributed by atoms with E-state index in [0.29, 0.717) is 61.4 Å². The van der Waals surface area contributed by atoms with E-state index >= 15 is 0 Å². The molecule has 10 nitrogen and oxygen atoms in total. The molecule has 0 spiro atoms. The first-order valence-corrected chi connectivity index (χ1v) is 19.3. The number of hydrogen-bond donors (Lipinski definition) is 0. The van der Waals surface area contributed by atoms with Crippen molar-refractivity contribution in [1.29, 1.82) is 0 Å². The number of benzene rings is 4. The Balaban J connectivity index is 1.14. The van der Waals surface area contributed by atoms with Crippen molar-refractivity contribution in [2.75, 3.05) is 40.0 Å². The van der Waals surface area contributed by atoms with Gasteiger partial charge in [-0.3, -0.25) is 0 Å². The minimum Gasteiger partial charge on any atom is -0.494 e. The summed E-state index contributed by atoms with van der Waals surface area (Å²) in [4.78, 5) is 24.0. The number of esters is 2. The standard InChI is InChI=1S/C46H54O10/c1-4-36-33-39(19-28-44(36)56-46(48)38-17-22-40(23-18-38)51-30-13-9-10-14-32-53-45(47)5-2)37-15-20-42(21-16-37)54-35-55-43-26-24-41(25-27-43)52-31-12-8-7-11-29-50-34-49-6-3/h5-6,15-28,33H,2-4,7-14,29-32,34-35H2,1H3. The molecule has 0 amide bonds. The first-order valence-electron chi connectivity index (χ1n) is 19.3. The summed E-state index contributed by atoms with van der Waals surface area (Å²) in [5.41, 5.74) is 3.38. The highest BCUT2D eigenvalue weighted by molar-refractivity contribution is 5.91. The lowest BCUT2D eigenvalue weighted by molar-refractivity contribution is -0.137. The quantitative estimate of drug-likeness (QED) is 0.0138. The predicted molar refractivity (Wildman–Crippen MR) is 216 cm³/mol. The normalized spacial score (nSPS) is 10.6. The fourth-order valence-corrected chi connectivity index (χ4v) is 5.51. The minimum absolute atomic E-state index is 0.0674. The number of carbonyl (C=O) groups excluding carboxylic acids is 2. The molecule has 0 aliphatic carbocycles. The second kappa shape index (κ2) is 25.4. The van der Waals surface area contributed by atoms with E-state index in [1.165, 1.54) is 12.3 Å². The van der Waals surface area contributed by atoms with E-state index in [4.69, 9.17) is 37.9 Å². The van der Waals surface area contributed by atoms with E-state index in [2.05, 4.69) is 13.2 Å². The van der Waals surface area contributed by atoms with Gasteiger partial charge in [0.1, 0.15) is 28.7 Å². The smallest absolute Gasteiger partial charge is 0.343 e. The lowest BCUT2D eigenvalue weighted by Crippen LogP contribution is -2.10. The number of ether oxygens (including phenoxy) is 8. The van der Waals surface area contributed by atoms with E-state index in [1.54, 1.807) is 24.3 Å². The van der Waals surface area contributed by atoms with Crippen LogP contribution in [-0.2, 0) is 25.4 Å². The SMILES string of the molecule is C=COCOCCCCCCOc1ccc(OCOc2ccc(-c3ccc(OC(=O)c4ccc(OCCCCCCOC(=O)C=C)cc4)c(CC)c3)cc2)cc1. The maximum atomic E-state index is 13.0. The maximum Gasteiger partial charge on any atom is 0.343 e. The number of unbranched alkanes of at least 4 members (excludes halogenated alkanes) is 6. The first kappa shape index (κ1) is 43.0. The molecule has 4 aromatic carbocycles. The Morgan fingerprint density at radius 1 is 0.571 bits per heavy atom. The second-order valence-electron chi connectivity index (χ2n) is 12.7. The summed E-state index contributed by atoms with van der Waals surface area (Å²) < 4.78 is 44.3. The van der Waals surface area contributed by atoms with Crippen molar-refractivity contribution < 1.29 is 47.5 Å². The third-order valence-corrected chi connectivity index (χ3v) is 8.64.